The van der Waals surface area contributed by atoms with Gasteiger partial charge in [0.25, 0.3) is 0 Å². The standard InChI is InChI=1S/C25H30N2O6/c1-29-19-6-7-20-18(16-33-22(20)14-19)13-23(28)27-11-9-26(10-12-27)15-17-5-8-21(30-2)25(32-4)24(17)31-3/h5-8,14,16H,9-13,15H2,1-4H3. The van der Waals surface area contributed by atoms with Crippen LogP contribution in [0, 0.1) is 0 Å². The minimum atomic E-state index is 0.108. The zero-order valence-electron chi connectivity index (χ0n) is 19.6. The second kappa shape index (κ2) is 10.0. The largest absolute Gasteiger partial charge is 0.497 e. The lowest BCUT2D eigenvalue weighted by atomic mass is 10.1. The summed E-state index contributed by atoms with van der Waals surface area (Å²) in [7, 11) is 6.47. The van der Waals surface area contributed by atoms with Crippen molar-refractivity contribution in [1.82, 2.24) is 9.80 Å². The molecule has 33 heavy (non-hydrogen) atoms. The van der Waals surface area contributed by atoms with Crippen LogP contribution in [0.5, 0.6) is 23.0 Å². The highest BCUT2D eigenvalue weighted by molar-refractivity contribution is 5.88. The molecule has 0 radical (unpaired) electrons. The van der Waals surface area contributed by atoms with E-state index in [0.29, 0.717) is 43.3 Å². The molecule has 1 saturated heterocycles. The highest BCUT2D eigenvalue weighted by Gasteiger charge is 2.24. The Hall–Kier alpha value is -3.39. The Morgan fingerprint density at radius 2 is 1.64 bits per heavy atom. The zero-order valence-corrected chi connectivity index (χ0v) is 19.6. The molecule has 0 saturated carbocycles. The lowest BCUT2D eigenvalue weighted by Crippen LogP contribution is -2.48. The number of furan rings is 1. The van der Waals surface area contributed by atoms with Gasteiger partial charge in [0.15, 0.2) is 11.5 Å². The Labute approximate surface area is 193 Å². The van der Waals surface area contributed by atoms with Crippen LogP contribution < -0.4 is 18.9 Å². The van der Waals surface area contributed by atoms with Gasteiger partial charge in [0.1, 0.15) is 11.3 Å². The van der Waals surface area contributed by atoms with E-state index in [1.165, 1.54) is 0 Å². The van der Waals surface area contributed by atoms with Gasteiger partial charge >= 0.3 is 0 Å². The fourth-order valence-electron chi connectivity index (χ4n) is 4.29. The molecule has 1 aliphatic rings. The van der Waals surface area contributed by atoms with Crippen molar-refractivity contribution in [2.75, 3.05) is 54.6 Å². The first-order chi connectivity index (χ1) is 16.1. The van der Waals surface area contributed by atoms with Crippen LogP contribution in [0.25, 0.3) is 11.0 Å². The molecule has 1 aromatic heterocycles. The molecule has 176 valence electrons. The normalized spacial score (nSPS) is 14.4. The van der Waals surface area contributed by atoms with Crippen molar-refractivity contribution < 1.29 is 28.2 Å². The highest BCUT2D eigenvalue weighted by atomic mass is 16.5. The van der Waals surface area contributed by atoms with Crippen LogP contribution in [0.3, 0.4) is 0 Å². The maximum atomic E-state index is 12.9. The van der Waals surface area contributed by atoms with Crippen molar-refractivity contribution in [3.8, 4) is 23.0 Å². The summed E-state index contributed by atoms with van der Waals surface area (Å²) in [4.78, 5) is 17.2. The second-order valence-electron chi connectivity index (χ2n) is 7.95. The summed E-state index contributed by atoms with van der Waals surface area (Å²) < 4.78 is 27.3. The maximum absolute atomic E-state index is 12.9. The predicted molar refractivity (Wildman–Crippen MR) is 124 cm³/mol. The summed E-state index contributed by atoms with van der Waals surface area (Å²) in [6.45, 7) is 3.63. The van der Waals surface area contributed by atoms with Gasteiger partial charge in [-0.3, -0.25) is 9.69 Å². The quantitative estimate of drug-likeness (QED) is 0.517. The first-order valence-electron chi connectivity index (χ1n) is 10.9. The maximum Gasteiger partial charge on any atom is 0.227 e. The number of carbonyl (C=O) groups is 1. The number of piperazine rings is 1. The van der Waals surface area contributed by atoms with Gasteiger partial charge in [-0.15, -0.1) is 0 Å². The van der Waals surface area contributed by atoms with E-state index in [4.69, 9.17) is 23.4 Å². The van der Waals surface area contributed by atoms with Crippen LogP contribution in [0.4, 0.5) is 0 Å². The Kier molecular flexibility index (Phi) is 6.93. The molecule has 3 aromatic rings. The van der Waals surface area contributed by atoms with Crippen LogP contribution in [-0.2, 0) is 17.8 Å². The molecule has 0 N–H and O–H groups in total. The van der Waals surface area contributed by atoms with E-state index in [1.54, 1.807) is 34.7 Å². The molecule has 0 aliphatic carbocycles. The number of benzene rings is 2. The van der Waals surface area contributed by atoms with Crippen LogP contribution in [-0.4, -0.2) is 70.3 Å². The van der Waals surface area contributed by atoms with Gasteiger partial charge in [0, 0.05) is 55.3 Å². The average molecular weight is 455 g/mol. The van der Waals surface area contributed by atoms with Gasteiger partial charge < -0.3 is 28.3 Å². The fourth-order valence-corrected chi connectivity index (χ4v) is 4.29. The number of ether oxygens (including phenoxy) is 4. The first-order valence-corrected chi connectivity index (χ1v) is 10.9. The van der Waals surface area contributed by atoms with Gasteiger partial charge in [-0.2, -0.15) is 0 Å². The number of hydrogen-bond donors (Lipinski definition) is 0. The van der Waals surface area contributed by atoms with Crippen molar-refractivity contribution in [2.24, 2.45) is 0 Å². The second-order valence-corrected chi connectivity index (χ2v) is 7.95. The average Bonchev–Trinajstić information content (AvgIpc) is 3.25. The van der Waals surface area contributed by atoms with Crippen molar-refractivity contribution in [1.29, 1.82) is 0 Å². The van der Waals surface area contributed by atoms with Gasteiger partial charge in [-0.05, 0) is 18.2 Å². The Balaban J connectivity index is 1.37. The SMILES string of the molecule is COc1ccc2c(CC(=O)N3CCN(Cc4ccc(OC)c(OC)c4OC)CC3)coc2c1. The number of carbonyl (C=O) groups excluding carboxylic acids is 1. The number of hydrogen-bond acceptors (Lipinski definition) is 7. The molecule has 0 bridgehead atoms. The van der Waals surface area contributed by atoms with E-state index in [1.807, 2.05) is 35.2 Å². The number of fused-ring (bicyclic) bond motifs is 1. The molecule has 1 aliphatic heterocycles. The van der Waals surface area contributed by atoms with Crippen molar-refractivity contribution in [2.45, 2.75) is 13.0 Å². The summed E-state index contributed by atoms with van der Waals surface area (Å²) in [5, 5.41) is 0.948. The third kappa shape index (κ3) is 4.71. The van der Waals surface area contributed by atoms with E-state index in [9.17, 15) is 4.79 Å². The summed E-state index contributed by atoms with van der Waals surface area (Å²) in [5.74, 6) is 2.75. The third-order valence-electron chi connectivity index (χ3n) is 6.11. The van der Waals surface area contributed by atoms with Gasteiger partial charge in [-0.25, -0.2) is 0 Å². The molecule has 2 aromatic carbocycles. The molecule has 1 fully saturated rings. The first kappa shape index (κ1) is 22.8. The smallest absolute Gasteiger partial charge is 0.227 e. The number of rotatable bonds is 8. The molecule has 8 nitrogen and oxygen atoms in total. The summed E-state index contributed by atoms with van der Waals surface area (Å²) in [5.41, 5.74) is 2.65. The molecule has 4 rings (SSSR count). The van der Waals surface area contributed by atoms with E-state index >= 15 is 0 Å². The van der Waals surface area contributed by atoms with Crippen molar-refractivity contribution >= 4 is 16.9 Å². The Bertz CT molecular complexity index is 1120. The third-order valence-corrected chi connectivity index (χ3v) is 6.11. The lowest BCUT2D eigenvalue weighted by Gasteiger charge is -2.35. The minimum absolute atomic E-state index is 0.108. The van der Waals surface area contributed by atoms with Crippen LogP contribution in [0.1, 0.15) is 11.1 Å². The van der Waals surface area contributed by atoms with Crippen molar-refractivity contribution in [3.05, 3.63) is 47.7 Å². The summed E-state index contributed by atoms with van der Waals surface area (Å²) in [6.07, 6.45) is 1.99. The number of amides is 1. The van der Waals surface area contributed by atoms with E-state index < -0.39 is 0 Å². The summed E-state index contributed by atoms with van der Waals surface area (Å²) in [6, 6.07) is 9.55. The Morgan fingerprint density at radius 1 is 0.879 bits per heavy atom. The molecule has 0 atom stereocenters. The molecule has 0 unspecified atom stereocenters. The fraction of sp³-hybridized carbons (Fsp3) is 0.400. The summed E-state index contributed by atoms with van der Waals surface area (Å²) >= 11 is 0. The van der Waals surface area contributed by atoms with Crippen LogP contribution >= 0.6 is 0 Å². The number of methoxy groups -OCH3 is 4. The zero-order chi connectivity index (χ0) is 23.4. The molecule has 2 heterocycles. The Morgan fingerprint density at radius 3 is 2.30 bits per heavy atom. The molecule has 1 amide bonds. The molecule has 8 heteroatoms. The minimum Gasteiger partial charge on any atom is -0.497 e. The topological polar surface area (TPSA) is 73.6 Å². The lowest BCUT2D eigenvalue weighted by molar-refractivity contribution is -0.132. The van der Waals surface area contributed by atoms with E-state index in [2.05, 4.69) is 4.90 Å². The molecule has 0 spiro atoms. The van der Waals surface area contributed by atoms with Gasteiger partial charge in [0.2, 0.25) is 11.7 Å². The van der Waals surface area contributed by atoms with Crippen LogP contribution in [0.2, 0.25) is 0 Å². The monoisotopic (exact) mass is 454 g/mol. The van der Waals surface area contributed by atoms with Crippen molar-refractivity contribution in [3.63, 3.8) is 0 Å². The van der Waals surface area contributed by atoms with Gasteiger partial charge in [-0.1, -0.05) is 6.07 Å². The van der Waals surface area contributed by atoms with Crippen LogP contribution in [0.15, 0.2) is 41.0 Å². The van der Waals surface area contributed by atoms with Gasteiger partial charge in [0.05, 0.1) is 41.1 Å². The highest BCUT2D eigenvalue weighted by Crippen LogP contribution is 2.40. The van der Waals surface area contributed by atoms with E-state index in [-0.39, 0.29) is 5.91 Å². The van der Waals surface area contributed by atoms with E-state index in [0.717, 1.165) is 40.9 Å². The predicted octanol–water partition coefficient (Wildman–Crippen LogP) is 3.35. The molecular weight excluding hydrogens is 424 g/mol. The molecular formula is C25H30N2O6. The number of nitrogens with zero attached hydrogens (tertiary/aromatic N) is 2.